The van der Waals surface area contributed by atoms with Crippen LogP contribution in [0.4, 0.5) is 16.0 Å². The summed E-state index contributed by atoms with van der Waals surface area (Å²) in [4.78, 5) is 31.0. The second kappa shape index (κ2) is 9.34. The molecule has 1 amide bonds. The molecule has 4 aromatic rings. The van der Waals surface area contributed by atoms with Gasteiger partial charge in [-0.25, -0.2) is 19.3 Å². The molecular formula is C23H21ClFN7O3. The Morgan fingerprint density at radius 3 is 2.69 bits per heavy atom. The number of nitrogens with one attached hydrogen (secondary N) is 3. The van der Waals surface area contributed by atoms with Crippen molar-refractivity contribution >= 4 is 29.1 Å². The zero-order chi connectivity index (χ0) is 24.4. The predicted molar refractivity (Wildman–Crippen MR) is 125 cm³/mol. The summed E-state index contributed by atoms with van der Waals surface area (Å²) in [6.45, 7) is 0.626. The van der Waals surface area contributed by atoms with Gasteiger partial charge in [-0.3, -0.25) is 9.89 Å². The molecule has 1 fully saturated rings. The average molecular weight is 498 g/mol. The molecule has 3 N–H and O–H groups in total. The molecule has 10 nitrogen and oxygen atoms in total. The van der Waals surface area contributed by atoms with E-state index in [2.05, 4.69) is 30.7 Å². The molecule has 12 heteroatoms. The summed E-state index contributed by atoms with van der Waals surface area (Å²) >= 11 is 5.86. The van der Waals surface area contributed by atoms with Crippen molar-refractivity contribution in [2.24, 2.45) is 0 Å². The lowest BCUT2D eigenvalue weighted by Gasteiger charge is -2.39. The minimum absolute atomic E-state index is 0.0736. The van der Waals surface area contributed by atoms with Crippen LogP contribution in [0.25, 0.3) is 0 Å². The van der Waals surface area contributed by atoms with Gasteiger partial charge in [0.25, 0.3) is 5.91 Å². The second-order valence-electron chi connectivity index (χ2n) is 8.38. The molecule has 0 aliphatic carbocycles. The number of nitrogens with zero attached hydrogens (tertiary/aromatic N) is 4. The number of H-pyrrole nitrogens is 2. The molecule has 1 saturated heterocycles. The van der Waals surface area contributed by atoms with Crippen molar-refractivity contribution < 1.29 is 13.6 Å². The zero-order valence-corrected chi connectivity index (χ0v) is 19.2. The Hall–Kier alpha value is -3.99. The number of pyridine rings is 1. The van der Waals surface area contributed by atoms with Gasteiger partial charge in [0.2, 0.25) is 5.89 Å². The Kier molecular flexibility index (Phi) is 6.08. The third-order valence-corrected chi connectivity index (χ3v) is 6.46. The quantitative estimate of drug-likeness (QED) is 0.371. The number of hydrogen-bond donors (Lipinski definition) is 3. The van der Waals surface area contributed by atoms with Crippen LogP contribution >= 0.6 is 11.6 Å². The first-order valence-electron chi connectivity index (χ1n) is 11.0. The van der Waals surface area contributed by atoms with Gasteiger partial charge in [0, 0.05) is 31.3 Å². The predicted octanol–water partition coefficient (Wildman–Crippen LogP) is 3.43. The van der Waals surface area contributed by atoms with Gasteiger partial charge < -0.3 is 14.6 Å². The van der Waals surface area contributed by atoms with E-state index in [1.54, 1.807) is 23.2 Å². The number of aromatic amines is 2. The lowest BCUT2D eigenvalue weighted by Crippen LogP contribution is -2.46. The van der Waals surface area contributed by atoms with Crippen molar-refractivity contribution in [1.29, 1.82) is 0 Å². The van der Waals surface area contributed by atoms with E-state index in [1.807, 2.05) is 18.2 Å². The van der Waals surface area contributed by atoms with Crippen LogP contribution in [-0.2, 0) is 11.8 Å². The molecule has 0 saturated carbocycles. The first kappa shape index (κ1) is 22.8. The van der Waals surface area contributed by atoms with Crippen LogP contribution in [0.5, 0.6) is 0 Å². The van der Waals surface area contributed by atoms with Crippen molar-refractivity contribution in [2.75, 3.05) is 18.4 Å². The molecular weight excluding hydrogens is 477 g/mol. The van der Waals surface area contributed by atoms with Crippen molar-refractivity contribution in [3.8, 4) is 0 Å². The van der Waals surface area contributed by atoms with Crippen LogP contribution < -0.4 is 11.1 Å². The summed E-state index contributed by atoms with van der Waals surface area (Å²) in [7, 11) is 0. The molecule has 3 aromatic heterocycles. The molecule has 4 heterocycles. The Balaban J connectivity index is 1.38. The van der Waals surface area contributed by atoms with Crippen LogP contribution in [0, 0.1) is 5.82 Å². The molecule has 0 unspecified atom stereocenters. The van der Waals surface area contributed by atoms with E-state index in [0.717, 1.165) is 5.69 Å². The Bertz CT molecular complexity index is 1390. The number of piperidine rings is 1. The number of carbonyl (C=O) groups excluding carboxylic acids is 1. The van der Waals surface area contributed by atoms with Crippen molar-refractivity contribution in [3.05, 3.63) is 87.2 Å². The lowest BCUT2D eigenvalue weighted by atomic mass is 9.74. The maximum absolute atomic E-state index is 14.4. The van der Waals surface area contributed by atoms with E-state index in [0.29, 0.717) is 44.0 Å². The number of rotatable bonds is 6. The van der Waals surface area contributed by atoms with Gasteiger partial charge in [-0.2, -0.15) is 5.10 Å². The van der Waals surface area contributed by atoms with Crippen LogP contribution in [0.15, 0.2) is 57.9 Å². The Morgan fingerprint density at radius 1 is 1.17 bits per heavy atom. The highest BCUT2D eigenvalue weighted by Gasteiger charge is 2.42. The van der Waals surface area contributed by atoms with Crippen molar-refractivity contribution in [1.82, 2.24) is 30.3 Å². The number of carbonyl (C=O) groups is 1. The largest absolute Gasteiger partial charge is 0.434 e. The van der Waals surface area contributed by atoms with E-state index in [1.165, 1.54) is 12.1 Å². The normalized spacial score (nSPS) is 15.2. The summed E-state index contributed by atoms with van der Waals surface area (Å²) in [5.74, 6) is -0.248. The number of aromatic nitrogens is 5. The summed E-state index contributed by atoms with van der Waals surface area (Å²) in [6.07, 6.45) is 2.93. The highest BCUT2D eigenvalue weighted by Crippen LogP contribution is 2.38. The first-order chi connectivity index (χ1) is 16.9. The fourth-order valence-corrected chi connectivity index (χ4v) is 4.53. The summed E-state index contributed by atoms with van der Waals surface area (Å²) in [5.41, 5.74) is -0.000946. The topological polar surface area (TPSA) is 133 Å². The fraction of sp³-hybridized carbons (Fsp3) is 0.261. The van der Waals surface area contributed by atoms with Crippen LogP contribution in [-0.4, -0.2) is 49.3 Å². The monoisotopic (exact) mass is 497 g/mol. The molecule has 180 valence electrons. The molecule has 1 aliphatic rings. The number of likely N-dealkylation sites (tertiary alicyclic amines) is 1. The smallest absolute Gasteiger partial charge is 0.392 e. The molecule has 1 aromatic carbocycles. The van der Waals surface area contributed by atoms with Crippen molar-refractivity contribution in [2.45, 2.75) is 24.7 Å². The number of halogens is 2. The number of hydrogen-bond acceptors (Lipinski definition) is 7. The van der Waals surface area contributed by atoms with Gasteiger partial charge in [0.15, 0.2) is 5.82 Å². The van der Waals surface area contributed by atoms with Gasteiger partial charge in [-0.05, 0) is 37.1 Å². The zero-order valence-electron chi connectivity index (χ0n) is 18.4. The molecule has 1 aliphatic heterocycles. The third-order valence-electron chi connectivity index (χ3n) is 6.17. The SMILES string of the molecule is O=C(c1cccc(Cl)c1F)N1CCC(Cc2cccc(Nc3ccn[nH]3)n2)(c2n[nH]c(=O)o2)CC1. The summed E-state index contributed by atoms with van der Waals surface area (Å²) < 4.78 is 19.8. The fourth-order valence-electron chi connectivity index (χ4n) is 4.36. The van der Waals surface area contributed by atoms with Gasteiger partial charge >= 0.3 is 5.76 Å². The number of benzene rings is 1. The molecule has 5 rings (SSSR count). The molecule has 0 spiro atoms. The van der Waals surface area contributed by atoms with Crippen LogP contribution in [0.3, 0.4) is 0 Å². The Labute approximate surface area is 203 Å². The highest BCUT2D eigenvalue weighted by molar-refractivity contribution is 6.31. The lowest BCUT2D eigenvalue weighted by molar-refractivity contribution is 0.0636. The minimum Gasteiger partial charge on any atom is -0.392 e. The van der Waals surface area contributed by atoms with E-state index in [-0.39, 0.29) is 16.5 Å². The summed E-state index contributed by atoms with van der Waals surface area (Å²) in [6, 6.07) is 11.7. The molecule has 0 atom stereocenters. The first-order valence-corrected chi connectivity index (χ1v) is 11.3. The molecule has 0 radical (unpaired) electrons. The maximum Gasteiger partial charge on any atom is 0.434 e. The summed E-state index contributed by atoms with van der Waals surface area (Å²) in [5, 5.41) is 16.2. The van der Waals surface area contributed by atoms with Crippen LogP contribution in [0.1, 0.15) is 34.8 Å². The second-order valence-corrected chi connectivity index (χ2v) is 8.79. The molecule has 0 bridgehead atoms. The van der Waals surface area contributed by atoms with E-state index >= 15 is 0 Å². The van der Waals surface area contributed by atoms with Crippen LogP contribution in [0.2, 0.25) is 5.02 Å². The third kappa shape index (κ3) is 4.67. The highest BCUT2D eigenvalue weighted by atomic mass is 35.5. The molecule has 35 heavy (non-hydrogen) atoms. The van der Waals surface area contributed by atoms with Gasteiger partial charge in [-0.1, -0.05) is 23.7 Å². The standard InChI is InChI=1S/C23H21ClFN7O3/c24-16-5-2-4-15(19(16)25)20(33)32-11-8-23(9-12-32,21-30-31-22(34)35-21)13-14-3-1-6-17(27-14)28-18-7-10-26-29-18/h1-7,10H,8-9,11-13H2,(H,31,34)(H2,26,27,28,29). The maximum atomic E-state index is 14.4. The van der Waals surface area contributed by atoms with Gasteiger partial charge in [-0.15, -0.1) is 5.10 Å². The van der Waals surface area contributed by atoms with Crippen molar-refractivity contribution in [3.63, 3.8) is 0 Å². The number of amides is 1. The van der Waals surface area contributed by atoms with Gasteiger partial charge in [0.1, 0.15) is 11.6 Å². The van der Waals surface area contributed by atoms with Gasteiger partial charge in [0.05, 0.1) is 22.2 Å². The minimum atomic E-state index is -0.736. The Morgan fingerprint density at radius 2 is 1.97 bits per heavy atom. The number of anilines is 2. The van der Waals surface area contributed by atoms with E-state index < -0.39 is 22.9 Å². The van der Waals surface area contributed by atoms with E-state index in [4.69, 9.17) is 16.0 Å². The van der Waals surface area contributed by atoms with E-state index in [9.17, 15) is 14.0 Å². The average Bonchev–Trinajstić information content (AvgIpc) is 3.53.